The minimum absolute atomic E-state index is 0.0594. The van der Waals surface area contributed by atoms with E-state index in [1.165, 1.54) is 18.3 Å². The maximum absolute atomic E-state index is 10.9. The van der Waals surface area contributed by atoms with Gasteiger partial charge in [0.25, 0.3) is 0 Å². The molecule has 0 amide bonds. The molecule has 2 unspecified atom stereocenters. The van der Waals surface area contributed by atoms with Crippen molar-refractivity contribution in [2.45, 2.75) is 25.7 Å². The normalized spacial score (nSPS) is 12.8. The Kier molecular flexibility index (Phi) is 6.31. The Hall–Kier alpha value is -3.58. The van der Waals surface area contributed by atoms with Gasteiger partial charge in [-0.1, -0.05) is 30.3 Å². The highest BCUT2D eigenvalue weighted by atomic mass is 16.5. The number of phenolic OH excluding ortho intramolecular Hbond substituents is 1. The number of rotatable bonds is 8. The number of aromatic carboxylic acids is 1. The molecule has 1 heterocycles. The van der Waals surface area contributed by atoms with E-state index in [0.29, 0.717) is 18.1 Å². The van der Waals surface area contributed by atoms with Crippen LogP contribution in [0, 0.1) is 0 Å². The van der Waals surface area contributed by atoms with Crippen molar-refractivity contribution in [1.82, 2.24) is 4.98 Å². The number of carbonyl (C=O) groups is 1. The minimum Gasteiger partial charge on any atom is -0.504 e. The first-order valence-corrected chi connectivity index (χ1v) is 8.97. The van der Waals surface area contributed by atoms with Crippen LogP contribution < -0.4 is 9.47 Å². The van der Waals surface area contributed by atoms with Gasteiger partial charge in [0.1, 0.15) is 24.6 Å². The Morgan fingerprint density at radius 1 is 1.10 bits per heavy atom. The number of carboxylic acids is 1. The second-order valence-electron chi connectivity index (χ2n) is 6.45. The molecule has 0 bridgehead atoms. The minimum atomic E-state index is -1.15. The summed E-state index contributed by atoms with van der Waals surface area (Å²) in [7, 11) is 0. The quantitative estimate of drug-likeness (QED) is 0.535. The second-order valence-corrected chi connectivity index (χ2v) is 6.45. The molecule has 0 aliphatic carbocycles. The van der Waals surface area contributed by atoms with Crippen LogP contribution in [0.15, 0.2) is 66.9 Å². The van der Waals surface area contributed by atoms with Crippen molar-refractivity contribution in [2.24, 2.45) is 0 Å². The molecule has 29 heavy (non-hydrogen) atoms. The fraction of sp³-hybridized carbons (Fsp3) is 0.182. The molecule has 0 radical (unpaired) electrons. The fourth-order valence-electron chi connectivity index (χ4n) is 2.65. The van der Waals surface area contributed by atoms with Crippen LogP contribution in [0.3, 0.4) is 0 Å². The number of aliphatic hydroxyl groups is 1. The van der Waals surface area contributed by atoms with Gasteiger partial charge < -0.3 is 24.8 Å². The number of pyridine rings is 1. The largest absolute Gasteiger partial charge is 0.504 e. The standard InChI is InChI=1S/C22H21NO6/c1-14(29-20-10-7-16(22(26)27)11-19(20)24)21(25)18-9-8-17(12-23-18)28-13-15-5-3-2-4-6-15/h2-12,14,21,24-25H,13H2,1H3,(H,26,27). The van der Waals surface area contributed by atoms with Gasteiger partial charge in [0.05, 0.1) is 17.5 Å². The van der Waals surface area contributed by atoms with Crippen molar-refractivity contribution in [1.29, 1.82) is 0 Å². The van der Waals surface area contributed by atoms with E-state index in [9.17, 15) is 15.0 Å². The molecular weight excluding hydrogens is 374 g/mol. The van der Waals surface area contributed by atoms with Gasteiger partial charge in [-0.3, -0.25) is 4.98 Å². The number of aromatic nitrogens is 1. The molecule has 0 fully saturated rings. The van der Waals surface area contributed by atoms with Gasteiger partial charge in [0, 0.05) is 0 Å². The van der Waals surface area contributed by atoms with Crippen LogP contribution >= 0.6 is 0 Å². The van der Waals surface area contributed by atoms with E-state index in [-0.39, 0.29) is 17.1 Å². The number of hydrogen-bond donors (Lipinski definition) is 3. The van der Waals surface area contributed by atoms with Crippen LogP contribution in [0.4, 0.5) is 0 Å². The molecule has 3 aromatic rings. The molecule has 1 aromatic heterocycles. The third-order valence-corrected chi connectivity index (χ3v) is 4.27. The van der Waals surface area contributed by atoms with Crippen LogP contribution in [0.1, 0.15) is 34.6 Å². The number of ether oxygens (including phenoxy) is 2. The monoisotopic (exact) mass is 395 g/mol. The van der Waals surface area contributed by atoms with E-state index in [0.717, 1.165) is 11.6 Å². The van der Waals surface area contributed by atoms with Crippen LogP contribution in [-0.4, -0.2) is 32.4 Å². The van der Waals surface area contributed by atoms with E-state index < -0.39 is 18.2 Å². The second kappa shape index (κ2) is 9.07. The molecule has 2 atom stereocenters. The van der Waals surface area contributed by atoms with E-state index in [1.54, 1.807) is 19.1 Å². The first-order chi connectivity index (χ1) is 13.9. The lowest BCUT2D eigenvalue weighted by atomic mass is 10.1. The van der Waals surface area contributed by atoms with E-state index >= 15 is 0 Å². The van der Waals surface area contributed by atoms with Crippen LogP contribution in [0.5, 0.6) is 17.2 Å². The summed E-state index contributed by atoms with van der Waals surface area (Å²) in [5, 5.41) is 29.3. The number of carboxylic acid groups (broad SMARTS) is 1. The summed E-state index contributed by atoms with van der Waals surface area (Å²) in [6.07, 6.45) is -0.273. The van der Waals surface area contributed by atoms with E-state index in [4.69, 9.17) is 14.6 Å². The number of hydrogen-bond acceptors (Lipinski definition) is 6. The summed E-state index contributed by atoms with van der Waals surface area (Å²) in [5.41, 5.74) is 1.36. The van der Waals surface area contributed by atoms with Crippen molar-refractivity contribution in [2.75, 3.05) is 0 Å². The highest BCUT2D eigenvalue weighted by molar-refractivity contribution is 5.88. The first-order valence-electron chi connectivity index (χ1n) is 8.97. The highest BCUT2D eigenvalue weighted by Gasteiger charge is 2.21. The molecule has 0 saturated heterocycles. The summed E-state index contributed by atoms with van der Waals surface area (Å²) in [5.74, 6) is -0.829. The summed E-state index contributed by atoms with van der Waals surface area (Å²) in [6, 6.07) is 16.8. The molecule has 0 saturated carbocycles. The zero-order valence-electron chi connectivity index (χ0n) is 15.7. The van der Waals surface area contributed by atoms with Gasteiger partial charge in [-0.15, -0.1) is 0 Å². The molecule has 0 spiro atoms. The Morgan fingerprint density at radius 3 is 2.48 bits per heavy atom. The van der Waals surface area contributed by atoms with Crippen LogP contribution in [0.25, 0.3) is 0 Å². The molecular formula is C22H21NO6. The molecule has 7 heteroatoms. The van der Waals surface area contributed by atoms with Gasteiger partial charge in [-0.2, -0.15) is 0 Å². The maximum atomic E-state index is 10.9. The Bertz CT molecular complexity index is 959. The zero-order valence-corrected chi connectivity index (χ0v) is 15.7. The van der Waals surface area contributed by atoms with E-state index in [2.05, 4.69) is 4.98 Å². The van der Waals surface area contributed by atoms with Gasteiger partial charge in [-0.05, 0) is 42.8 Å². The Morgan fingerprint density at radius 2 is 1.86 bits per heavy atom. The molecule has 0 aliphatic rings. The number of aromatic hydroxyl groups is 1. The van der Waals surface area contributed by atoms with Gasteiger partial charge >= 0.3 is 5.97 Å². The maximum Gasteiger partial charge on any atom is 0.335 e. The SMILES string of the molecule is CC(Oc1ccc(C(=O)O)cc1O)C(O)c1ccc(OCc2ccccc2)cn1. The number of nitrogens with zero attached hydrogens (tertiary/aromatic N) is 1. The average molecular weight is 395 g/mol. The molecule has 7 nitrogen and oxygen atoms in total. The lowest BCUT2D eigenvalue weighted by Crippen LogP contribution is -2.22. The van der Waals surface area contributed by atoms with Crippen molar-refractivity contribution < 1.29 is 29.6 Å². The molecule has 3 rings (SSSR count). The summed E-state index contributed by atoms with van der Waals surface area (Å²) in [6.45, 7) is 2.03. The molecule has 3 N–H and O–H groups in total. The molecule has 0 aliphatic heterocycles. The molecule has 150 valence electrons. The van der Waals surface area contributed by atoms with Crippen molar-refractivity contribution in [3.8, 4) is 17.2 Å². The third kappa shape index (κ3) is 5.24. The summed E-state index contributed by atoms with van der Waals surface area (Å²) in [4.78, 5) is 15.1. The first kappa shape index (κ1) is 20.2. The average Bonchev–Trinajstić information content (AvgIpc) is 2.74. The van der Waals surface area contributed by atoms with Crippen molar-refractivity contribution in [3.05, 3.63) is 83.7 Å². The number of phenols is 1. The van der Waals surface area contributed by atoms with Gasteiger partial charge in [0.15, 0.2) is 11.5 Å². The predicted octanol–water partition coefficient (Wildman–Crippen LogP) is 3.57. The van der Waals surface area contributed by atoms with Crippen molar-refractivity contribution >= 4 is 5.97 Å². The predicted molar refractivity (Wildman–Crippen MR) is 105 cm³/mol. The number of aliphatic hydroxyl groups excluding tert-OH is 1. The van der Waals surface area contributed by atoms with Crippen LogP contribution in [-0.2, 0) is 6.61 Å². The van der Waals surface area contributed by atoms with Crippen LogP contribution in [0.2, 0.25) is 0 Å². The van der Waals surface area contributed by atoms with Gasteiger partial charge in [0.2, 0.25) is 0 Å². The Balaban J connectivity index is 1.60. The lowest BCUT2D eigenvalue weighted by Gasteiger charge is -2.21. The lowest BCUT2D eigenvalue weighted by molar-refractivity contribution is 0.0422. The summed E-state index contributed by atoms with van der Waals surface area (Å²) < 4.78 is 11.2. The third-order valence-electron chi connectivity index (χ3n) is 4.27. The number of benzene rings is 2. The topological polar surface area (TPSA) is 109 Å². The fourth-order valence-corrected chi connectivity index (χ4v) is 2.65. The Labute approximate surface area is 167 Å². The zero-order chi connectivity index (χ0) is 20.8. The summed E-state index contributed by atoms with van der Waals surface area (Å²) >= 11 is 0. The van der Waals surface area contributed by atoms with Gasteiger partial charge in [-0.25, -0.2) is 4.79 Å². The smallest absolute Gasteiger partial charge is 0.335 e. The van der Waals surface area contributed by atoms with E-state index in [1.807, 2.05) is 30.3 Å². The highest BCUT2D eigenvalue weighted by Crippen LogP contribution is 2.30. The molecule has 2 aromatic carbocycles. The van der Waals surface area contributed by atoms with Crippen molar-refractivity contribution in [3.63, 3.8) is 0 Å².